The number of aromatic nitrogens is 2. The van der Waals surface area contributed by atoms with E-state index in [1.165, 1.54) is 6.42 Å². The molecule has 1 aromatic heterocycles. The van der Waals surface area contributed by atoms with Gasteiger partial charge >= 0.3 is 5.97 Å². The molecule has 1 aliphatic carbocycles. The lowest BCUT2D eigenvalue weighted by Gasteiger charge is -2.27. The first kappa shape index (κ1) is 15.0. The summed E-state index contributed by atoms with van der Waals surface area (Å²) in [6, 6.07) is -0.217. The second kappa shape index (κ2) is 5.92. The van der Waals surface area contributed by atoms with Crippen molar-refractivity contribution in [2.75, 3.05) is 0 Å². The fraction of sp³-hybridized carbons (Fsp3) is 0.667. The van der Waals surface area contributed by atoms with E-state index in [0.717, 1.165) is 31.9 Å². The number of nitrogens with zero attached hydrogens (tertiary/aromatic N) is 1. The first-order valence-electron chi connectivity index (χ1n) is 6.71. The molecule has 0 bridgehead atoms. The number of H-pyrrole nitrogens is 1. The van der Waals surface area contributed by atoms with Crippen molar-refractivity contribution in [2.24, 2.45) is 5.92 Å². The first-order valence-corrected chi connectivity index (χ1v) is 8.19. The molecular formula is C12H19N3O4S. The maximum absolute atomic E-state index is 12.2. The van der Waals surface area contributed by atoms with Crippen molar-refractivity contribution in [2.45, 2.75) is 50.1 Å². The number of sulfonamides is 1. The predicted octanol–water partition coefficient (Wildman–Crippen LogP) is 1.35. The van der Waals surface area contributed by atoms with Gasteiger partial charge in [0.15, 0.2) is 5.03 Å². The summed E-state index contributed by atoms with van der Waals surface area (Å²) in [5.41, 5.74) is -0.339. The number of carboxylic acids is 1. The zero-order valence-electron chi connectivity index (χ0n) is 11.3. The van der Waals surface area contributed by atoms with Gasteiger partial charge in [0.2, 0.25) is 0 Å². The quantitative estimate of drug-likeness (QED) is 0.760. The minimum Gasteiger partial charge on any atom is -0.478 e. The molecule has 20 heavy (non-hydrogen) atoms. The molecule has 112 valence electrons. The van der Waals surface area contributed by atoms with Crippen molar-refractivity contribution < 1.29 is 18.3 Å². The normalized spacial score (nSPS) is 18.9. The van der Waals surface area contributed by atoms with Gasteiger partial charge in [-0.15, -0.1) is 0 Å². The summed E-state index contributed by atoms with van der Waals surface area (Å²) in [7, 11) is -3.89. The predicted molar refractivity (Wildman–Crippen MR) is 71.9 cm³/mol. The van der Waals surface area contributed by atoms with Crippen LogP contribution in [-0.2, 0) is 10.0 Å². The van der Waals surface area contributed by atoms with E-state index < -0.39 is 16.0 Å². The van der Waals surface area contributed by atoms with Crippen molar-refractivity contribution in [3.8, 4) is 0 Å². The van der Waals surface area contributed by atoms with Gasteiger partial charge in [0.05, 0.1) is 6.20 Å². The largest absolute Gasteiger partial charge is 0.478 e. The molecule has 0 saturated heterocycles. The summed E-state index contributed by atoms with van der Waals surface area (Å²) in [5, 5.41) is 14.3. The fourth-order valence-corrected chi connectivity index (χ4v) is 4.07. The van der Waals surface area contributed by atoms with E-state index in [2.05, 4.69) is 14.9 Å². The van der Waals surface area contributed by atoms with Gasteiger partial charge in [-0.2, -0.15) is 5.10 Å². The Morgan fingerprint density at radius 2 is 2.10 bits per heavy atom. The highest BCUT2D eigenvalue weighted by Gasteiger charge is 2.29. The van der Waals surface area contributed by atoms with Crippen molar-refractivity contribution in [1.29, 1.82) is 0 Å². The Kier molecular flexibility index (Phi) is 4.44. The third kappa shape index (κ3) is 3.18. The minimum atomic E-state index is -3.89. The number of rotatable bonds is 5. The van der Waals surface area contributed by atoms with Crippen LogP contribution in [0, 0.1) is 5.92 Å². The van der Waals surface area contributed by atoms with Gasteiger partial charge in [0.1, 0.15) is 5.56 Å². The molecule has 1 atom stereocenters. The van der Waals surface area contributed by atoms with Gasteiger partial charge in [-0.1, -0.05) is 19.3 Å². The second-order valence-corrected chi connectivity index (χ2v) is 6.88. The first-order chi connectivity index (χ1) is 9.42. The van der Waals surface area contributed by atoms with E-state index in [1.807, 2.05) is 6.92 Å². The monoisotopic (exact) mass is 301 g/mol. The summed E-state index contributed by atoms with van der Waals surface area (Å²) < 4.78 is 27.0. The molecule has 1 aliphatic rings. The Bertz CT molecular complexity index is 575. The van der Waals surface area contributed by atoms with Crippen molar-refractivity contribution >= 4 is 16.0 Å². The molecule has 0 spiro atoms. The van der Waals surface area contributed by atoms with E-state index in [-0.39, 0.29) is 16.6 Å². The van der Waals surface area contributed by atoms with Crippen molar-refractivity contribution in [3.05, 3.63) is 11.8 Å². The lowest BCUT2D eigenvalue weighted by atomic mass is 9.85. The van der Waals surface area contributed by atoms with Crippen LogP contribution in [0.3, 0.4) is 0 Å². The van der Waals surface area contributed by atoms with Crippen LogP contribution in [-0.4, -0.2) is 35.7 Å². The highest BCUT2D eigenvalue weighted by molar-refractivity contribution is 7.89. The molecule has 2 rings (SSSR count). The number of carbonyl (C=O) groups is 1. The Morgan fingerprint density at radius 1 is 1.45 bits per heavy atom. The third-order valence-electron chi connectivity index (χ3n) is 3.80. The summed E-state index contributed by atoms with van der Waals surface area (Å²) in [5.74, 6) is -1.01. The highest BCUT2D eigenvalue weighted by atomic mass is 32.2. The van der Waals surface area contributed by atoms with Gasteiger partial charge < -0.3 is 5.11 Å². The molecule has 1 saturated carbocycles. The topological polar surface area (TPSA) is 112 Å². The lowest BCUT2D eigenvalue weighted by molar-refractivity contribution is 0.0692. The number of nitrogens with one attached hydrogen (secondary N) is 2. The number of carboxylic acid groups (broad SMARTS) is 1. The van der Waals surface area contributed by atoms with Crippen LogP contribution in [0.25, 0.3) is 0 Å². The molecule has 0 aliphatic heterocycles. The van der Waals surface area contributed by atoms with Crippen LogP contribution in [0.1, 0.15) is 49.4 Å². The summed E-state index contributed by atoms with van der Waals surface area (Å²) in [4.78, 5) is 11.0. The number of hydrogen-bond acceptors (Lipinski definition) is 4. The highest BCUT2D eigenvalue weighted by Crippen LogP contribution is 2.27. The molecule has 0 radical (unpaired) electrons. The van der Waals surface area contributed by atoms with Crippen LogP contribution in [0.5, 0.6) is 0 Å². The van der Waals surface area contributed by atoms with Gasteiger partial charge in [0, 0.05) is 6.04 Å². The van der Waals surface area contributed by atoms with Crippen LogP contribution < -0.4 is 4.72 Å². The van der Waals surface area contributed by atoms with Gasteiger partial charge in [-0.05, 0) is 25.7 Å². The van der Waals surface area contributed by atoms with Crippen LogP contribution in [0.15, 0.2) is 11.2 Å². The second-order valence-electron chi connectivity index (χ2n) is 5.23. The molecule has 1 aromatic rings. The van der Waals surface area contributed by atoms with E-state index in [1.54, 1.807) is 0 Å². The standard InChI is InChI=1S/C12H19N3O4S/c1-8(9-5-3-2-4-6-9)15-20(18,19)11-10(12(16)17)7-13-14-11/h7-9,15H,2-6H2,1H3,(H,13,14)(H,16,17)/t8-/m0/s1. The molecule has 3 N–H and O–H groups in total. The average Bonchev–Trinajstić information content (AvgIpc) is 2.89. The van der Waals surface area contributed by atoms with Crippen LogP contribution in [0.2, 0.25) is 0 Å². The molecule has 8 heteroatoms. The van der Waals surface area contributed by atoms with Crippen molar-refractivity contribution in [1.82, 2.24) is 14.9 Å². The van der Waals surface area contributed by atoms with E-state index >= 15 is 0 Å². The maximum atomic E-state index is 12.2. The van der Waals surface area contributed by atoms with Crippen molar-refractivity contribution in [3.63, 3.8) is 0 Å². The van der Waals surface area contributed by atoms with Gasteiger partial charge in [-0.3, -0.25) is 5.10 Å². The minimum absolute atomic E-state index is 0.217. The molecule has 0 amide bonds. The SMILES string of the molecule is C[C@H](NS(=O)(=O)c1[nH]ncc1C(=O)O)C1CCCCC1. The molecule has 7 nitrogen and oxygen atoms in total. The van der Waals surface area contributed by atoms with E-state index in [9.17, 15) is 13.2 Å². The summed E-state index contributed by atoms with van der Waals surface area (Å²) >= 11 is 0. The zero-order valence-corrected chi connectivity index (χ0v) is 12.1. The molecule has 1 heterocycles. The molecular weight excluding hydrogens is 282 g/mol. The zero-order chi connectivity index (χ0) is 14.8. The van der Waals surface area contributed by atoms with Gasteiger partial charge in [0.25, 0.3) is 10.0 Å². The molecule has 0 unspecified atom stereocenters. The number of aromatic carboxylic acids is 1. The Hall–Kier alpha value is -1.41. The lowest BCUT2D eigenvalue weighted by Crippen LogP contribution is -2.39. The third-order valence-corrected chi connectivity index (χ3v) is 5.33. The average molecular weight is 301 g/mol. The Morgan fingerprint density at radius 3 is 2.70 bits per heavy atom. The van der Waals surface area contributed by atoms with Crippen LogP contribution >= 0.6 is 0 Å². The fourth-order valence-electron chi connectivity index (χ4n) is 2.67. The smallest absolute Gasteiger partial charge is 0.340 e. The van der Waals surface area contributed by atoms with E-state index in [0.29, 0.717) is 5.92 Å². The number of aromatic amines is 1. The maximum Gasteiger partial charge on any atom is 0.340 e. The summed E-state index contributed by atoms with van der Waals surface area (Å²) in [6.07, 6.45) is 6.42. The van der Waals surface area contributed by atoms with Gasteiger partial charge in [-0.25, -0.2) is 17.9 Å². The Labute approximate surface area is 117 Å². The number of hydrogen-bond donors (Lipinski definition) is 3. The summed E-state index contributed by atoms with van der Waals surface area (Å²) in [6.45, 7) is 1.82. The Balaban J connectivity index is 2.14. The van der Waals surface area contributed by atoms with Crippen LogP contribution in [0.4, 0.5) is 0 Å². The van der Waals surface area contributed by atoms with E-state index in [4.69, 9.17) is 5.11 Å². The molecule has 0 aromatic carbocycles. The molecule has 1 fully saturated rings.